The Balaban J connectivity index is 1.78. The summed E-state index contributed by atoms with van der Waals surface area (Å²) in [6.07, 6.45) is 1.98. The Morgan fingerprint density at radius 1 is 1.00 bits per heavy atom. The SMILES string of the molecule is CC(=O)NCC(=Cc1ccc(Oc2ccc(N)cc2)cc1)B1OC(C)(C)C(C)(C)O1. The maximum atomic E-state index is 11.5. The molecule has 6 nitrogen and oxygen atoms in total. The molecule has 1 amide bonds. The first kappa shape index (κ1) is 21.9. The zero-order chi connectivity index (χ0) is 21.9. The van der Waals surface area contributed by atoms with Gasteiger partial charge < -0.3 is 25.1 Å². The minimum atomic E-state index is -0.535. The van der Waals surface area contributed by atoms with Crippen LogP contribution in [0.25, 0.3) is 6.08 Å². The number of amides is 1. The Hall–Kier alpha value is -2.77. The number of nitrogens with one attached hydrogen (secondary N) is 1. The van der Waals surface area contributed by atoms with E-state index in [0.717, 1.165) is 22.5 Å². The van der Waals surface area contributed by atoms with E-state index >= 15 is 0 Å². The third-order valence-corrected chi connectivity index (χ3v) is 5.45. The van der Waals surface area contributed by atoms with Crippen LogP contribution in [0.15, 0.2) is 54.0 Å². The quantitative estimate of drug-likeness (QED) is 0.553. The second-order valence-electron chi connectivity index (χ2n) is 8.46. The van der Waals surface area contributed by atoms with E-state index in [1.807, 2.05) is 70.2 Å². The van der Waals surface area contributed by atoms with Gasteiger partial charge in [0.05, 0.1) is 11.2 Å². The summed E-state index contributed by atoms with van der Waals surface area (Å²) < 4.78 is 18.2. The van der Waals surface area contributed by atoms with E-state index in [9.17, 15) is 4.79 Å². The topological polar surface area (TPSA) is 82.8 Å². The van der Waals surface area contributed by atoms with Crippen molar-refractivity contribution in [2.24, 2.45) is 0 Å². The first-order valence-electron chi connectivity index (χ1n) is 10.00. The molecule has 1 aliphatic rings. The van der Waals surface area contributed by atoms with Crippen LogP contribution >= 0.6 is 0 Å². The van der Waals surface area contributed by atoms with Gasteiger partial charge in [0.25, 0.3) is 0 Å². The zero-order valence-corrected chi connectivity index (χ0v) is 18.2. The highest BCUT2D eigenvalue weighted by molar-refractivity contribution is 6.56. The first-order valence-corrected chi connectivity index (χ1v) is 10.00. The monoisotopic (exact) mass is 408 g/mol. The summed E-state index contributed by atoms with van der Waals surface area (Å²) in [5.74, 6) is 1.33. The maximum absolute atomic E-state index is 11.5. The lowest BCUT2D eigenvalue weighted by atomic mass is 9.77. The van der Waals surface area contributed by atoms with Crippen molar-refractivity contribution in [2.45, 2.75) is 45.8 Å². The lowest BCUT2D eigenvalue weighted by Crippen LogP contribution is -2.41. The van der Waals surface area contributed by atoms with Crippen LogP contribution in [0.4, 0.5) is 5.69 Å². The van der Waals surface area contributed by atoms with Gasteiger partial charge in [0.1, 0.15) is 11.5 Å². The van der Waals surface area contributed by atoms with Gasteiger partial charge in [-0.1, -0.05) is 18.2 Å². The molecule has 0 bridgehead atoms. The lowest BCUT2D eigenvalue weighted by Gasteiger charge is -2.32. The van der Waals surface area contributed by atoms with E-state index in [1.165, 1.54) is 6.92 Å². The number of rotatable bonds is 6. The molecule has 7 heteroatoms. The second-order valence-corrected chi connectivity index (χ2v) is 8.46. The van der Waals surface area contributed by atoms with Gasteiger partial charge >= 0.3 is 7.12 Å². The van der Waals surface area contributed by atoms with Crippen molar-refractivity contribution in [2.75, 3.05) is 12.3 Å². The second kappa shape index (κ2) is 8.54. The summed E-state index contributed by atoms with van der Waals surface area (Å²) >= 11 is 0. The van der Waals surface area contributed by atoms with Crippen molar-refractivity contribution in [3.05, 3.63) is 59.6 Å². The van der Waals surface area contributed by atoms with E-state index in [1.54, 1.807) is 12.1 Å². The molecular weight excluding hydrogens is 379 g/mol. The van der Waals surface area contributed by atoms with Crippen molar-refractivity contribution >= 4 is 24.8 Å². The number of benzene rings is 2. The summed E-state index contributed by atoms with van der Waals surface area (Å²) in [7, 11) is -0.535. The normalized spacial score (nSPS) is 17.6. The number of hydrogen-bond acceptors (Lipinski definition) is 5. The number of carbonyl (C=O) groups is 1. The Morgan fingerprint density at radius 3 is 2.00 bits per heavy atom. The molecule has 158 valence electrons. The van der Waals surface area contributed by atoms with Gasteiger partial charge in [-0.15, -0.1) is 0 Å². The fourth-order valence-corrected chi connectivity index (χ4v) is 2.94. The van der Waals surface area contributed by atoms with Crippen molar-refractivity contribution in [3.8, 4) is 11.5 Å². The van der Waals surface area contributed by atoms with Crippen LogP contribution in [0.5, 0.6) is 11.5 Å². The summed E-state index contributed by atoms with van der Waals surface area (Å²) in [6, 6.07) is 14.9. The summed E-state index contributed by atoms with van der Waals surface area (Å²) in [5, 5.41) is 2.84. The molecule has 0 saturated carbocycles. The molecule has 0 aliphatic carbocycles. The lowest BCUT2D eigenvalue weighted by molar-refractivity contribution is -0.118. The van der Waals surface area contributed by atoms with Crippen LogP contribution in [-0.2, 0) is 14.1 Å². The van der Waals surface area contributed by atoms with Crippen LogP contribution in [0.2, 0.25) is 0 Å². The number of nitrogens with two attached hydrogens (primary N) is 1. The molecule has 2 aromatic carbocycles. The van der Waals surface area contributed by atoms with Crippen LogP contribution in [0.3, 0.4) is 0 Å². The highest BCUT2D eigenvalue weighted by Crippen LogP contribution is 2.38. The zero-order valence-electron chi connectivity index (χ0n) is 18.2. The maximum Gasteiger partial charge on any atom is 0.492 e. The molecule has 1 aliphatic heterocycles. The molecule has 3 rings (SSSR count). The van der Waals surface area contributed by atoms with Gasteiger partial charge in [-0.2, -0.15) is 0 Å². The third kappa shape index (κ3) is 5.23. The van der Waals surface area contributed by atoms with Gasteiger partial charge in [-0.25, -0.2) is 0 Å². The summed E-state index contributed by atoms with van der Waals surface area (Å²) in [6.45, 7) is 9.86. The van der Waals surface area contributed by atoms with Crippen LogP contribution in [0, 0.1) is 0 Å². The number of hydrogen-bond donors (Lipinski definition) is 2. The van der Waals surface area contributed by atoms with Crippen molar-refractivity contribution in [1.29, 1.82) is 0 Å². The number of carbonyl (C=O) groups excluding carboxylic acids is 1. The molecule has 1 heterocycles. The minimum Gasteiger partial charge on any atom is -0.457 e. The molecule has 0 atom stereocenters. The number of anilines is 1. The first-order chi connectivity index (χ1) is 14.1. The van der Waals surface area contributed by atoms with E-state index < -0.39 is 18.3 Å². The molecule has 2 aromatic rings. The Morgan fingerprint density at radius 2 is 1.50 bits per heavy atom. The molecule has 1 fully saturated rings. The average molecular weight is 408 g/mol. The van der Waals surface area contributed by atoms with Crippen LogP contribution < -0.4 is 15.8 Å². The Bertz CT molecular complexity index is 905. The van der Waals surface area contributed by atoms with Crippen molar-refractivity contribution < 1.29 is 18.8 Å². The minimum absolute atomic E-state index is 0.107. The predicted molar refractivity (Wildman–Crippen MR) is 120 cm³/mol. The third-order valence-electron chi connectivity index (χ3n) is 5.45. The molecule has 30 heavy (non-hydrogen) atoms. The molecule has 1 saturated heterocycles. The summed E-state index contributed by atoms with van der Waals surface area (Å²) in [4.78, 5) is 11.5. The predicted octanol–water partition coefficient (Wildman–Crippen LogP) is 4.21. The van der Waals surface area contributed by atoms with Crippen LogP contribution in [-0.4, -0.2) is 30.8 Å². The molecule has 0 spiro atoms. The molecule has 0 aromatic heterocycles. The molecule has 0 unspecified atom stereocenters. The smallest absolute Gasteiger partial charge is 0.457 e. The van der Waals surface area contributed by atoms with Gasteiger partial charge in [0, 0.05) is 19.2 Å². The molecular formula is C23H29BN2O4. The van der Waals surface area contributed by atoms with E-state index in [4.69, 9.17) is 19.8 Å². The molecule has 3 N–H and O–H groups in total. The van der Waals surface area contributed by atoms with E-state index in [-0.39, 0.29) is 5.91 Å². The van der Waals surface area contributed by atoms with Gasteiger partial charge in [-0.3, -0.25) is 4.79 Å². The summed E-state index contributed by atoms with van der Waals surface area (Å²) in [5.41, 5.74) is 7.29. The van der Waals surface area contributed by atoms with E-state index in [0.29, 0.717) is 12.2 Å². The van der Waals surface area contributed by atoms with Gasteiger partial charge in [0.2, 0.25) is 5.91 Å². The van der Waals surface area contributed by atoms with E-state index in [2.05, 4.69) is 5.32 Å². The standard InChI is InChI=1S/C23H29BN2O4/c1-16(27)26-15-18(24-29-22(2,3)23(4,5)30-24)14-17-6-10-20(11-7-17)28-21-12-8-19(25)9-13-21/h6-14H,15,25H2,1-5H3,(H,26,27). The largest absolute Gasteiger partial charge is 0.492 e. The van der Waals surface area contributed by atoms with Crippen molar-refractivity contribution in [1.82, 2.24) is 5.32 Å². The number of nitrogen functional groups attached to an aromatic ring is 1. The van der Waals surface area contributed by atoms with Gasteiger partial charge in [0.15, 0.2) is 0 Å². The molecule has 0 radical (unpaired) electrons. The highest BCUT2D eigenvalue weighted by atomic mass is 16.7. The number of ether oxygens (including phenoxy) is 1. The van der Waals surface area contributed by atoms with Crippen molar-refractivity contribution in [3.63, 3.8) is 0 Å². The highest BCUT2D eigenvalue weighted by Gasteiger charge is 2.52. The Kier molecular flexibility index (Phi) is 6.24. The van der Waals surface area contributed by atoms with Crippen LogP contribution in [0.1, 0.15) is 40.2 Å². The van der Waals surface area contributed by atoms with Gasteiger partial charge in [-0.05, 0) is 75.1 Å². The average Bonchev–Trinajstić information content (AvgIpc) is 2.89. The fourth-order valence-electron chi connectivity index (χ4n) is 2.94. The fraction of sp³-hybridized carbons (Fsp3) is 0.348. The Labute approximate surface area is 178 Å².